The molecule has 1 saturated heterocycles. The summed E-state index contributed by atoms with van der Waals surface area (Å²) in [4.78, 5) is 28.5. The topological polar surface area (TPSA) is 82.6 Å². The summed E-state index contributed by atoms with van der Waals surface area (Å²) >= 11 is 0. The fraction of sp³-hybridized carbons (Fsp3) is 0.474. The number of aromatic amines is 1. The molecule has 2 heterocycles. The van der Waals surface area contributed by atoms with E-state index in [1.165, 1.54) is 5.56 Å². The van der Waals surface area contributed by atoms with Gasteiger partial charge in [-0.3, -0.25) is 9.59 Å². The lowest BCUT2D eigenvalue weighted by Gasteiger charge is -2.32. The molecule has 3 rings (SSSR count). The molecule has 134 valence electrons. The van der Waals surface area contributed by atoms with Gasteiger partial charge in [0.25, 0.3) is 5.91 Å². The average Bonchev–Trinajstić information content (AvgIpc) is 2.96. The number of carboxylic acids is 1. The first kappa shape index (κ1) is 17.5. The number of carbonyl (C=O) groups excluding carboxylic acids is 1. The smallest absolute Gasteiger partial charge is 0.306 e. The Labute approximate surface area is 146 Å². The Hall–Kier alpha value is -2.34. The van der Waals surface area contributed by atoms with Gasteiger partial charge in [0.2, 0.25) is 0 Å². The van der Waals surface area contributed by atoms with Gasteiger partial charge in [-0.1, -0.05) is 32.9 Å². The standard InChI is InChI=1S/C19H24N2O4/c1-19(2,3)13-5-4-12-8-16(20-15(12)9-13)18(24)21-6-7-25-14(11-21)10-17(22)23/h4-5,8-9,14,20H,6-7,10-11H2,1-3H3,(H,22,23). The Morgan fingerprint density at radius 1 is 1.32 bits per heavy atom. The highest BCUT2D eigenvalue weighted by molar-refractivity contribution is 5.98. The van der Waals surface area contributed by atoms with E-state index in [1.807, 2.05) is 12.1 Å². The van der Waals surface area contributed by atoms with E-state index in [-0.39, 0.29) is 17.7 Å². The first-order valence-electron chi connectivity index (χ1n) is 8.50. The van der Waals surface area contributed by atoms with Gasteiger partial charge in [-0.15, -0.1) is 0 Å². The molecule has 1 unspecified atom stereocenters. The summed E-state index contributed by atoms with van der Waals surface area (Å²) in [5.41, 5.74) is 2.70. The second-order valence-electron chi connectivity index (χ2n) is 7.58. The van der Waals surface area contributed by atoms with Crippen molar-refractivity contribution in [2.75, 3.05) is 19.7 Å². The van der Waals surface area contributed by atoms with Crippen LogP contribution in [0.25, 0.3) is 10.9 Å². The number of ether oxygens (including phenoxy) is 1. The number of hydrogen-bond donors (Lipinski definition) is 2. The zero-order chi connectivity index (χ0) is 18.2. The van der Waals surface area contributed by atoms with Crippen LogP contribution in [0.5, 0.6) is 0 Å². The van der Waals surface area contributed by atoms with Crippen LogP contribution in [0, 0.1) is 0 Å². The van der Waals surface area contributed by atoms with Crippen LogP contribution in [0.3, 0.4) is 0 Å². The van der Waals surface area contributed by atoms with Gasteiger partial charge in [-0.2, -0.15) is 0 Å². The Morgan fingerprint density at radius 3 is 2.76 bits per heavy atom. The fourth-order valence-corrected chi connectivity index (χ4v) is 3.10. The third kappa shape index (κ3) is 3.85. The van der Waals surface area contributed by atoms with Crippen LogP contribution >= 0.6 is 0 Å². The summed E-state index contributed by atoms with van der Waals surface area (Å²) in [5, 5.41) is 9.90. The second-order valence-corrected chi connectivity index (χ2v) is 7.58. The van der Waals surface area contributed by atoms with E-state index in [4.69, 9.17) is 9.84 Å². The lowest BCUT2D eigenvalue weighted by Crippen LogP contribution is -2.46. The van der Waals surface area contributed by atoms with Crippen LogP contribution < -0.4 is 0 Å². The number of nitrogens with zero attached hydrogens (tertiary/aromatic N) is 1. The van der Waals surface area contributed by atoms with Crippen molar-refractivity contribution in [3.05, 3.63) is 35.5 Å². The second kappa shape index (κ2) is 6.52. The molecule has 0 aliphatic carbocycles. The van der Waals surface area contributed by atoms with Gasteiger partial charge in [0.1, 0.15) is 5.69 Å². The Morgan fingerprint density at radius 2 is 2.08 bits per heavy atom. The predicted molar refractivity (Wildman–Crippen MR) is 94.9 cm³/mol. The van der Waals surface area contributed by atoms with E-state index < -0.39 is 12.1 Å². The molecule has 1 aliphatic rings. The number of H-pyrrole nitrogens is 1. The SMILES string of the molecule is CC(C)(C)c1ccc2cc(C(=O)N3CCOC(CC(=O)O)C3)[nH]c2c1. The molecule has 0 bridgehead atoms. The lowest BCUT2D eigenvalue weighted by atomic mass is 9.87. The number of amides is 1. The maximum atomic E-state index is 12.8. The highest BCUT2D eigenvalue weighted by Crippen LogP contribution is 2.26. The minimum absolute atomic E-state index is 0.0394. The molecule has 1 aliphatic heterocycles. The van der Waals surface area contributed by atoms with E-state index in [2.05, 4.69) is 37.9 Å². The molecule has 1 aromatic heterocycles. The molecule has 2 N–H and O–H groups in total. The number of aromatic nitrogens is 1. The van der Waals surface area contributed by atoms with Crippen molar-refractivity contribution in [2.45, 2.75) is 38.7 Å². The van der Waals surface area contributed by atoms with Crippen molar-refractivity contribution in [1.82, 2.24) is 9.88 Å². The first-order valence-corrected chi connectivity index (χ1v) is 8.50. The molecule has 0 radical (unpaired) electrons. The van der Waals surface area contributed by atoms with E-state index in [0.717, 1.165) is 10.9 Å². The summed E-state index contributed by atoms with van der Waals surface area (Å²) in [7, 11) is 0. The Kier molecular flexibility index (Phi) is 4.56. The molecule has 6 nitrogen and oxygen atoms in total. The molecule has 6 heteroatoms. The third-order valence-electron chi connectivity index (χ3n) is 4.55. The van der Waals surface area contributed by atoms with Crippen LogP contribution in [-0.4, -0.2) is 52.7 Å². The van der Waals surface area contributed by atoms with Crippen molar-refractivity contribution < 1.29 is 19.4 Å². The van der Waals surface area contributed by atoms with E-state index in [9.17, 15) is 9.59 Å². The van der Waals surface area contributed by atoms with Crippen molar-refractivity contribution >= 4 is 22.8 Å². The van der Waals surface area contributed by atoms with Crippen LogP contribution in [0.2, 0.25) is 0 Å². The number of aliphatic carboxylic acids is 1. The monoisotopic (exact) mass is 344 g/mol. The lowest BCUT2D eigenvalue weighted by molar-refractivity contribution is -0.141. The summed E-state index contributed by atoms with van der Waals surface area (Å²) in [6, 6.07) is 8.04. The molecule has 1 fully saturated rings. The highest BCUT2D eigenvalue weighted by atomic mass is 16.5. The molecule has 25 heavy (non-hydrogen) atoms. The Balaban J connectivity index is 1.81. The number of carboxylic acid groups (broad SMARTS) is 1. The number of benzene rings is 1. The van der Waals surface area contributed by atoms with Crippen molar-refractivity contribution in [1.29, 1.82) is 0 Å². The summed E-state index contributed by atoms with van der Waals surface area (Å²) in [5.74, 6) is -1.04. The van der Waals surface area contributed by atoms with Crippen LogP contribution in [0.4, 0.5) is 0 Å². The first-order chi connectivity index (χ1) is 11.7. The van der Waals surface area contributed by atoms with Gasteiger partial charge in [-0.05, 0) is 23.1 Å². The fourth-order valence-electron chi connectivity index (χ4n) is 3.10. The zero-order valence-corrected chi connectivity index (χ0v) is 14.8. The van der Waals surface area contributed by atoms with E-state index in [0.29, 0.717) is 25.4 Å². The van der Waals surface area contributed by atoms with Gasteiger partial charge in [0.05, 0.1) is 19.1 Å². The van der Waals surface area contributed by atoms with E-state index >= 15 is 0 Å². The van der Waals surface area contributed by atoms with Gasteiger partial charge in [0, 0.05) is 24.0 Å². The van der Waals surface area contributed by atoms with Crippen LogP contribution in [-0.2, 0) is 14.9 Å². The van der Waals surface area contributed by atoms with Crippen LogP contribution in [0.1, 0.15) is 43.2 Å². The normalized spacial score (nSPS) is 18.5. The quantitative estimate of drug-likeness (QED) is 0.897. The highest BCUT2D eigenvalue weighted by Gasteiger charge is 2.27. The Bertz CT molecular complexity index is 803. The molecular formula is C19H24N2O4. The summed E-state index contributed by atoms with van der Waals surface area (Å²) < 4.78 is 5.43. The number of hydrogen-bond acceptors (Lipinski definition) is 3. The largest absolute Gasteiger partial charge is 0.481 e. The van der Waals surface area contributed by atoms with E-state index in [1.54, 1.807) is 4.90 Å². The van der Waals surface area contributed by atoms with Crippen molar-refractivity contribution in [3.8, 4) is 0 Å². The molecule has 1 amide bonds. The molecular weight excluding hydrogens is 320 g/mol. The number of morpholine rings is 1. The molecule has 0 spiro atoms. The minimum Gasteiger partial charge on any atom is -0.481 e. The molecule has 1 atom stereocenters. The van der Waals surface area contributed by atoms with Crippen molar-refractivity contribution in [2.24, 2.45) is 0 Å². The maximum Gasteiger partial charge on any atom is 0.306 e. The van der Waals surface area contributed by atoms with Gasteiger partial charge < -0.3 is 19.7 Å². The molecule has 2 aromatic rings. The maximum absolute atomic E-state index is 12.8. The average molecular weight is 344 g/mol. The molecule has 0 saturated carbocycles. The van der Waals surface area contributed by atoms with Gasteiger partial charge in [-0.25, -0.2) is 0 Å². The minimum atomic E-state index is -0.917. The summed E-state index contributed by atoms with van der Waals surface area (Å²) in [6.07, 6.45) is -0.544. The number of rotatable bonds is 3. The van der Waals surface area contributed by atoms with Gasteiger partial charge in [0.15, 0.2) is 0 Å². The third-order valence-corrected chi connectivity index (χ3v) is 4.55. The van der Waals surface area contributed by atoms with Crippen molar-refractivity contribution in [3.63, 3.8) is 0 Å². The molecule has 1 aromatic carbocycles. The predicted octanol–water partition coefficient (Wildman–Crippen LogP) is 2.78. The van der Waals surface area contributed by atoms with Gasteiger partial charge >= 0.3 is 5.97 Å². The van der Waals surface area contributed by atoms with Crippen LogP contribution in [0.15, 0.2) is 24.3 Å². The summed E-state index contributed by atoms with van der Waals surface area (Å²) in [6.45, 7) is 7.59. The number of carbonyl (C=O) groups is 2. The number of nitrogens with one attached hydrogen (secondary N) is 1. The number of fused-ring (bicyclic) bond motifs is 1. The zero-order valence-electron chi connectivity index (χ0n) is 14.8.